The summed E-state index contributed by atoms with van der Waals surface area (Å²) in [7, 11) is 1.61. The van der Waals surface area contributed by atoms with E-state index in [1.807, 2.05) is 30.3 Å². The van der Waals surface area contributed by atoms with Gasteiger partial charge >= 0.3 is 0 Å². The maximum atomic E-state index is 13.2. The summed E-state index contributed by atoms with van der Waals surface area (Å²) in [4.78, 5) is 13.9. The van der Waals surface area contributed by atoms with Crippen LogP contribution in [0.1, 0.15) is 6.92 Å². The number of benzene rings is 2. The first-order chi connectivity index (χ1) is 12.0. The highest BCUT2D eigenvalue weighted by molar-refractivity contribution is 7.18. The molecule has 2 aromatic carbocycles. The van der Waals surface area contributed by atoms with Gasteiger partial charge in [-0.15, -0.1) is 10.2 Å². The third-order valence-corrected chi connectivity index (χ3v) is 4.56. The van der Waals surface area contributed by atoms with Crippen LogP contribution in [0.3, 0.4) is 0 Å². The number of rotatable bonds is 5. The molecule has 0 saturated heterocycles. The van der Waals surface area contributed by atoms with Crippen molar-refractivity contribution in [2.75, 3.05) is 11.9 Å². The van der Waals surface area contributed by atoms with E-state index < -0.39 is 11.9 Å². The zero-order valence-electron chi connectivity index (χ0n) is 13.7. The SMILES string of the molecule is CC(Oc1cccc(F)c1)C(=O)N(C)c1nnc(-c2ccccc2)s1. The maximum Gasteiger partial charge on any atom is 0.269 e. The highest BCUT2D eigenvalue weighted by Crippen LogP contribution is 2.28. The first kappa shape index (κ1) is 17.0. The van der Waals surface area contributed by atoms with Crippen LogP contribution in [0.2, 0.25) is 0 Å². The van der Waals surface area contributed by atoms with Crippen LogP contribution < -0.4 is 9.64 Å². The quantitative estimate of drug-likeness (QED) is 0.697. The first-order valence-electron chi connectivity index (χ1n) is 7.63. The molecule has 1 amide bonds. The molecule has 7 heteroatoms. The molecule has 5 nitrogen and oxygen atoms in total. The molecular formula is C18H16FN3O2S. The number of aromatic nitrogens is 2. The predicted octanol–water partition coefficient (Wildman–Crippen LogP) is 3.77. The first-order valence-corrected chi connectivity index (χ1v) is 8.45. The van der Waals surface area contributed by atoms with Crippen molar-refractivity contribution in [2.24, 2.45) is 0 Å². The summed E-state index contributed by atoms with van der Waals surface area (Å²) in [6.45, 7) is 1.61. The van der Waals surface area contributed by atoms with Gasteiger partial charge in [-0.05, 0) is 19.1 Å². The summed E-state index contributed by atoms with van der Waals surface area (Å²) in [5.74, 6) is -0.404. The second kappa shape index (κ2) is 7.40. The molecule has 0 bridgehead atoms. The number of hydrogen-bond donors (Lipinski definition) is 0. The van der Waals surface area contributed by atoms with E-state index in [4.69, 9.17) is 4.74 Å². The van der Waals surface area contributed by atoms with Crippen LogP contribution in [-0.4, -0.2) is 29.3 Å². The third-order valence-electron chi connectivity index (χ3n) is 3.51. The zero-order chi connectivity index (χ0) is 17.8. The molecule has 1 atom stereocenters. The molecule has 0 fully saturated rings. The lowest BCUT2D eigenvalue weighted by Crippen LogP contribution is -2.38. The van der Waals surface area contributed by atoms with Crippen molar-refractivity contribution in [1.29, 1.82) is 0 Å². The minimum Gasteiger partial charge on any atom is -0.481 e. The molecule has 3 aromatic rings. The molecule has 0 aliphatic carbocycles. The fourth-order valence-electron chi connectivity index (χ4n) is 2.21. The van der Waals surface area contributed by atoms with Gasteiger partial charge in [-0.1, -0.05) is 47.7 Å². The minimum absolute atomic E-state index is 0.292. The fraction of sp³-hybridized carbons (Fsp3) is 0.167. The van der Waals surface area contributed by atoms with E-state index in [-0.39, 0.29) is 5.91 Å². The largest absolute Gasteiger partial charge is 0.481 e. The predicted molar refractivity (Wildman–Crippen MR) is 95.2 cm³/mol. The van der Waals surface area contributed by atoms with Crippen LogP contribution in [0.15, 0.2) is 54.6 Å². The van der Waals surface area contributed by atoms with Crippen LogP contribution >= 0.6 is 11.3 Å². The molecule has 3 rings (SSSR count). The highest BCUT2D eigenvalue weighted by Gasteiger charge is 2.23. The minimum atomic E-state index is -0.782. The molecule has 128 valence electrons. The van der Waals surface area contributed by atoms with Gasteiger partial charge in [0, 0.05) is 18.7 Å². The van der Waals surface area contributed by atoms with E-state index in [9.17, 15) is 9.18 Å². The van der Waals surface area contributed by atoms with E-state index in [1.165, 1.54) is 34.4 Å². The topological polar surface area (TPSA) is 55.3 Å². The van der Waals surface area contributed by atoms with Crippen LogP contribution in [0.5, 0.6) is 5.75 Å². The summed E-state index contributed by atoms with van der Waals surface area (Å²) in [6, 6.07) is 15.3. The van der Waals surface area contributed by atoms with Gasteiger partial charge in [-0.25, -0.2) is 4.39 Å². The summed E-state index contributed by atoms with van der Waals surface area (Å²) < 4.78 is 18.7. The number of likely N-dealkylation sites (N-methyl/N-ethyl adjacent to an activating group) is 1. The molecule has 0 spiro atoms. The van der Waals surface area contributed by atoms with Crippen LogP contribution in [0, 0.1) is 5.82 Å². The lowest BCUT2D eigenvalue weighted by Gasteiger charge is -2.19. The number of carbonyl (C=O) groups is 1. The van der Waals surface area contributed by atoms with Crippen molar-refractivity contribution in [1.82, 2.24) is 10.2 Å². The van der Waals surface area contributed by atoms with Crippen molar-refractivity contribution in [2.45, 2.75) is 13.0 Å². The van der Waals surface area contributed by atoms with Gasteiger partial charge < -0.3 is 4.74 Å². The highest BCUT2D eigenvalue weighted by atomic mass is 32.1. The number of anilines is 1. The van der Waals surface area contributed by atoms with Gasteiger partial charge in [0.1, 0.15) is 16.6 Å². The van der Waals surface area contributed by atoms with Gasteiger partial charge in [-0.2, -0.15) is 0 Å². The molecule has 25 heavy (non-hydrogen) atoms. The van der Waals surface area contributed by atoms with Crippen LogP contribution in [-0.2, 0) is 4.79 Å². The van der Waals surface area contributed by atoms with Crippen molar-refractivity contribution in [3.05, 3.63) is 60.4 Å². The van der Waals surface area contributed by atoms with E-state index in [0.717, 1.165) is 10.6 Å². The van der Waals surface area contributed by atoms with Gasteiger partial charge in [-0.3, -0.25) is 9.69 Å². The van der Waals surface area contributed by atoms with Crippen molar-refractivity contribution in [3.8, 4) is 16.3 Å². The summed E-state index contributed by atoms with van der Waals surface area (Å²) >= 11 is 1.32. The average molecular weight is 357 g/mol. The molecule has 0 saturated carbocycles. The molecule has 0 aliphatic heterocycles. The number of ether oxygens (including phenoxy) is 1. The van der Waals surface area contributed by atoms with Crippen LogP contribution in [0.25, 0.3) is 10.6 Å². The standard InChI is InChI=1S/C18H16FN3O2S/c1-12(24-15-10-6-9-14(19)11-15)17(23)22(2)18-21-20-16(25-18)13-7-4-3-5-8-13/h3-12H,1-2H3. The van der Waals surface area contributed by atoms with Crippen LogP contribution in [0.4, 0.5) is 9.52 Å². The van der Waals surface area contributed by atoms with Crippen molar-refractivity contribution < 1.29 is 13.9 Å². The second-order valence-electron chi connectivity index (χ2n) is 5.37. The Morgan fingerprint density at radius 3 is 2.64 bits per heavy atom. The molecule has 1 heterocycles. The van der Waals surface area contributed by atoms with Crippen molar-refractivity contribution in [3.63, 3.8) is 0 Å². The summed E-state index contributed by atoms with van der Waals surface area (Å²) in [6.07, 6.45) is -0.782. The normalized spacial score (nSPS) is 11.8. The average Bonchev–Trinajstić information content (AvgIpc) is 3.11. The number of nitrogens with zero attached hydrogens (tertiary/aromatic N) is 3. The van der Waals surface area contributed by atoms with Gasteiger partial charge in [0.2, 0.25) is 5.13 Å². The number of halogens is 1. The molecule has 1 aromatic heterocycles. The lowest BCUT2D eigenvalue weighted by molar-refractivity contribution is -0.124. The smallest absolute Gasteiger partial charge is 0.269 e. The molecule has 0 radical (unpaired) electrons. The van der Waals surface area contributed by atoms with E-state index in [1.54, 1.807) is 20.0 Å². The van der Waals surface area contributed by atoms with E-state index >= 15 is 0 Å². The van der Waals surface area contributed by atoms with E-state index in [0.29, 0.717) is 10.9 Å². The Morgan fingerprint density at radius 1 is 1.16 bits per heavy atom. The Balaban J connectivity index is 1.71. The molecule has 0 N–H and O–H groups in total. The maximum absolute atomic E-state index is 13.2. The Labute approximate surface area is 148 Å². The third kappa shape index (κ3) is 4.00. The Kier molecular flexibility index (Phi) is 5.04. The number of hydrogen-bond acceptors (Lipinski definition) is 5. The number of amides is 1. The molecule has 0 aliphatic rings. The summed E-state index contributed by atoms with van der Waals surface area (Å²) in [5, 5.41) is 9.41. The number of carbonyl (C=O) groups excluding carboxylic acids is 1. The second-order valence-corrected chi connectivity index (χ2v) is 6.33. The van der Waals surface area contributed by atoms with Gasteiger partial charge in [0.05, 0.1) is 0 Å². The Morgan fingerprint density at radius 2 is 1.92 bits per heavy atom. The lowest BCUT2D eigenvalue weighted by atomic mass is 10.2. The Bertz CT molecular complexity index is 870. The monoisotopic (exact) mass is 357 g/mol. The Hall–Kier alpha value is -2.80. The van der Waals surface area contributed by atoms with E-state index in [2.05, 4.69) is 10.2 Å². The van der Waals surface area contributed by atoms with Gasteiger partial charge in [0.15, 0.2) is 6.10 Å². The van der Waals surface area contributed by atoms with Gasteiger partial charge in [0.25, 0.3) is 5.91 Å². The van der Waals surface area contributed by atoms with Crippen molar-refractivity contribution >= 4 is 22.4 Å². The molecular weight excluding hydrogens is 341 g/mol. The zero-order valence-corrected chi connectivity index (χ0v) is 14.5. The fourth-order valence-corrected chi connectivity index (χ4v) is 3.03. The molecule has 1 unspecified atom stereocenters. The summed E-state index contributed by atoms with van der Waals surface area (Å²) in [5.41, 5.74) is 0.941.